The predicted molar refractivity (Wildman–Crippen MR) is 102 cm³/mol. The van der Waals surface area contributed by atoms with Gasteiger partial charge in [0.05, 0.1) is 5.75 Å². The molecule has 1 heterocycles. The van der Waals surface area contributed by atoms with Gasteiger partial charge in [0.2, 0.25) is 10.0 Å². The van der Waals surface area contributed by atoms with Crippen molar-refractivity contribution in [2.24, 2.45) is 0 Å². The van der Waals surface area contributed by atoms with Crippen molar-refractivity contribution >= 4 is 21.6 Å². The van der Waals surface area contributed by atoms with E-state index < -0.39 is 27.5 Å². The Hall–Kier alpha value is -1.67. The van der Waals surface area contributed by atoms with Crippen LogP contribution in [0.25, 0.3) is 0 Å². The Morgan fingerprint density at radius 2 is 2.00 bits per heavy atom. The Kier molecular flexibility index (Phi) is 5.76. The molecule has 1 fully saturated rings. The standard InChI is InChI=1S/C19H21ClFNO4S/c1-19(23)13-22(27(24,25)12-14-5-7-16(21)8-6-14)10-9-18(19)26-17-4-2-3-15(20)11-17/h2-8,11,18,23H,9-10,12-13H2,1H3/t18-,19-/m0/s1. The second-order valence-corrected chi connectivity index (χ2v) is 9.33. The lowest BCUT2D eigenvalue weighted by Crippen LogP contribution is -2.58. The number of halogens is 2. The molecule has 0 saturated carbocycles. The van der Waals surface area contributed by atoms with E-state index in [1.807, 2.05) is 0 Å². The van der Waals surface area contributed by atoms with E-state index in [4.69, 9.17) is 16.3 Å². The SMILES string of the molecule is C[C@]1(O)CN(S(=O)(=O)Cc2ccc(F)cc2)CC[C@@H]1Oc1cccc(Cl)c1. The quantitative estimate of drug-likeness (QED) is 0.817. The van der Waals surface area contributed by atoms with E-state index in [2.05, 4.69) is 0 Å². The number of benzene rings is 2. The molecule has 0 radical (unpaired) electrons. The zero-order valence-electron chi connectivity index (χ0n) is 14.8. The molecule has 0 amide bonds. The van der Waals surface area contributed by atoms with Crippen molar-refractivity contribution in [1.29, 1.82) is 0 Å². The van der Waals surface area contributed by atoms with Gasteiger partial charge in [0, 0.05) is 24.5 Å². The van der Waals surface area contributed by atoms with Gasteiger partial charge in [0.15, 0.2) is 0 Å². The highest BCUT2D eigenvalue weighted by molar-refractivity contribution is 7.88. The van der Waals surface area contributed by atoms with E-state index >= 15 is 0 Å². The summed E-state index contributed by atoms with van der Waals surface area (Å²) in [6, 6.07) is 12.2. The van der Waals surface area contributed by atoms with Crippen LogP contribution in [0.2, 0.25) is 5.02 Å². The lowest BCUT2D eigenvalue weighted by Gasteiger charge is -2.41. The van der Waals surface area contributed by atoms with Gasteiger partial charge in [-0.15, -0.1) is 0 Å². The molecule has 27 heavy (non-hydrogen) atoms. The maximum absolute atomic E-state index is 13.0. The lowest BCUT2D eigenvalue weighted by molar-refractivity contribution is -0.0814. The summed E-state index contributed by atoms with van der Waals surface area (Å²) in [5, 5.41) is 11.3. The second-order valence-electron chi connectivity index (χ2n) is 6.93. The Labute approximate surface area is 163 Å². The molecule has 1 saturated heterocycles. The topological polar surface area (TPSA) is 66.8 Å². The van der Waals surface area contributed by atoms with E-state index in [9.17, 15) is 17.9 Å². The van der Waals surface area contributed by atoms with Crippen molar-refractivity contribution in [3.63, 3.8) is 0 Å². The summed E-state index contributed by atoms with van der Waals surface area (Å²) in [6.45, 7) is 1.70. The van der Waals surface area contributed by atoms with Gasteiger partial charge in [0.1, 0.15) is 23.3 Å². The maximum Gasteiger partial charge on any atom is 0.218 e. The first-order valence-electron chi connectivity index (χ1n) is 8.53. The van der Waals surface area contributed by atoms with E-state index in [1.54, 1.807) is 31.2 Å². The number of hydrogen-bond donors (Lipinski definition) is 1. The van der Waals surface area contributed by atoms with Crippen LogP contribution in [0.5, 0.6) is 5.75 Å². The lowest BCUT2D eigenvalue weighted by atomic mass is 9.93. The number of rotatable bonds is 5. The molecule has 2 aromatic carbocycles. The van der Waals surface area contributed by atoms with Gasteiger partial charge in [0.25, 0.3) is 0 Å². The number of piperidine rings is 1. The normalized spacial score (nSPS) is 23.9. The van der Waals surface area contributed by atoms with Gasteiger partial charge in [-0.05, 0) is 42.8 Å². The molecule has 0 aromatic heterocycles. The Morgan fingerprint density at radius 3 is 2.63 bits per heavy atom. The molecule has 8 heteroatoms. The fourth-order valence-electron chi connectivity index (χ4n) is 3.12. The van der Waals surface area contributed by atoms with Crippen LogP contribution in [0.4, 0.5) is 4.39 Å². The first-order valence-corrected chi connectivity index (χ1v) is 10.5. The smallest absolute Gasteiger partial charge is 0.218 e. The van der Waals surface area contributed by atoms with Crippen LogP contribution in [0.3, 0.4) is 0 Å². The third-order valence-corrected chi connectivity index (χ3v) is 6.59. The summed E-state index contributed by atoms with van der Waals surface area (Å²) in [5.74, 6) is -0.142. The maximum atomic E-state index is 13.0. The Morgan fingerprint density at radius 1 is 1.30 bits per heavy atom. The minimum Gasteiger partial charge on any atom is -0.487 e. The average Bonchev–Trinajstić information content (AvgIpc) is 2.58. The van der Waals surface area contributed by atoms with Crippen molar-refractivity contribution in [2.75, 3.05) is 13.1 Å². The van der Waals surface area contributed by atoms with Crippen LogP contribution in [0, 0.1) is 5.82 Å². The fraction of sp³-hybridized carbons (Fsp3) is 0.368. The molecule has 5 nitrogen and oxygen atoms in total. The summed E-state index contributed by atoms with van der Waals surface area (Å²) in [4.78, 5) is 0. The van der Waals surface area contributed by atoms with Gasteiger partial charge >= 0.3 is 0 Å². The minimum absolute atomic E-state index is 0.0816. The highest BCUT2D eigenvalue weighted by atomic mass is 35.5. The molecule has 2 aromatic rings. The number of ether oxygens (including phenoxy) is 1. The van der Waals surface area contributed by atoms with Gasteiger partial charge in [-0.25, -0.2) is 12.8 Å². The van der Waals surface area contributed by atoms with E-state index in [1.165, 1.54) is 28.6 Å². The second kappa shape index (κ2) is 7.75. The summed E-state index contributed by atoms with van der Waals surface area (Å²) in [6.07, 6.45) is -0.226. The number of sulfonamides is 1. The van der Waals surface area contributed by atoms with E-state index in [-0.39, 0.29) is 18.8 Å². The fourth-order valence-corrected chi connectivity index (χ4v) is 4.94. The van der Waals surface area contributed by atoms with Crippen LogP contribution in [0.1, 0.15) is 18.9 Å². The Bertz CT molecular complexity index is 902. The average molecular weight is 414 g/mol. The van der Waals surface area contributed by atoms with Crippen molar-refractivity contribution in [2.45, 2.75) is 30.8 Å². The zero-order chi connectivity index (χ0) is 19.7. The first kappa shape index (κ1) is 20.1. The van der Waals surface area contributed by atoms with Crippen molar-refractivity contribution in [1.82, 2.24) is 4.31 Å². The summed E-state index contributed by atoms with van der Waals surface area (Å²) in [7, 11) is -3.65. The van der Waals surface area contributed by atoms with E-state index in [0.717, 1.165) is 0 Å². The van der Waals surface area contributed by atoms with E-state index in [0.29, 0.717) is 22.8 Å². The van der Waals surface area contributed by atoms with Crippen LogP contribution in [-0.4, -0.2) is 42.6 Å². The summed E-state index contributed by atoms with van der Waals surface area (Å²) >= 11 is 5.95. The minimum atomic E-state index is -3.65. The monoisotopic (exact) mass is 413 g/mol. The van der Waals surface area contributed by atoms with Crippen molar-refractivity contribution in [3.05, 3.63) is 64.9 Å². The molecule has 0 bridgehead atoms. The molecule has 0 unspecified atom stereocenters. The molecular weight excluding hydrogens is 393 g/mol. The zero-order valence-corrected chi connectivity index (χ0v) is 16.4. The van der Waals surface area contributed by atoms with Gasteiger partial charge in [-0.1, -0.05) is 29.8 Å². The third kappa shape index (κ3) is 4.99. The van der Waals surface area contributed by atoms with Gasteiger partial charge < -0.3 is 9.84 Å². The summed E-state index contributed by atoms with van der Waals surface area (Å²) in [5.41, 5.74) is -0.871. The van der Waals surface area contributed by atoms with Gasteiger partial charge in [-0.3, -0.25) is 0 Å². The first-order chi connectivity index (χ1) is 12.7. The predicted octanol–water partition coefficient (Wildman–Crippen LogP) is 3.21. The van der Waals surface area contributed by atoms with Crippen LogP contribution in [0.15, 0.2) is 48.5 Å². The molecule has 146 valence electrons. The molecular formula is C19H21ClFNO4S. The van der Waals surface area contributed by atoms with Crippen LogP contribution in [-0.2, 0) is 15.8 Å². The van der Waals surface area contributed by atoms with Crippen molar-refractivity contribution < 1.29 is 22.7 Å². The van der Waals surface area contributed by atoms with Gasteiger partial charge in [-0.2, -0.15) is 4.31 Å². The Balaban J connectivity index is 1.69. The molecule has 1 aliphatic rings. The summed E-state index contributed by atoms with van der Waals surface area (Å²) < 4.78 is 45.5. The third-order valence-electron chi connectivity index (χ3n) is 4.56. The number of β-amino-alcohol motifs (C(OH)–C–C–N with tert-alkyl or cyclic N) is 1. The highest BCUT2D eigenvalue weighted by Crippen LogP contribution is 2.29. The highest BCUT2D eigenvalue weighted by Gasteiger charge is 2.43. The molecule has 0 aliphatic carbocycles. The van der Waals surface area contributed by atoms with Crippen LogP contribution >= 0.6 is 11.6 Å². The molecule has 3 rings (SSSR count). The molecule has 1 aliphatic heterocycles. The molecule has 2 atom stereocenters. The van der Waals surface area contributed by atoms with Crippen LogP contribution < -0.4 is 4.74 Å². The number of hydrogen-bond acceptors (Lipinski definition) is 4. The molecule has 0 spiro atoms. The number of aliphatic hydroxyl groups is 1. The number of nitrogens with zero attached hydrogens (tertiary/aromatic N) is 1. The van der Waals surface area contributed by atoms with Crippen molar-refractivity contribution in [3.8, 4) is 5.75 Å². The largest absolute Gasteiger partial charge is 0.487 e. The molecule has 1 N–H and O–H groups in total.